The van der Waals surface area contributed by atoms with Crippen LogP contribution in [0, 0.1) is 0 Å². The number of rotatable bonds is 8. The quantitative estimate of drug-likeness (QED) is 0.149. The van der Waals surface area contributed by atoms with Gasteiger partial charge in [-0.05, 0) is 88.5 Å². The molecule has 2 heterocycles. The van der Waals surface area contributed by atoms with E-state index < -0.39 is 0 Å². The molecule has 12 aromatic rings. The first-order valence-corrected chi connectivity index (χ1v) is 21.6. The third-order valence-electron chi connectivity index (χ3n) is 12.5. The molecule has 0 saturated carbocycles. The standard InChI is InChI=1S/C60H41N3/c1-4-22-42(23-5-1)45-28-10-11-31-49(45)59-46(43-24-6-2-7-25-43)33-20-39-56(59)63(55-38-19-18-37-54(55)62-51-34-15-12-29-47(51)48-30-13-16-35-52(48)62)58-41-21-40-57-60(58)50-32-14-17-36-53(50)61(57)44-26-8-3-9-27-44/h1-41H. The van der Waals surface area contributed by atoms with Crippen molar-refractivity contribution in [2.75, 3.05) is 4.90 Å². The molecule has 0 spiro atoms. The topological polar surface area (TPSA) is 13.1 Å². The lowest BCUT2D eigenvalue weighted by molar-refractivity contribution is 1.15. The first-order chi connectivity index (χ1) is 31.3. The number of anilines is 3. The number of fused-ring (bicyclic) bond motifs is 6. The summed E-state index contributed by atoms with van der Waals surface area (Å²) in [6.45, 7) is 0. The van der Waals surface area contributed by atoms with Gasteiger partial charge in [0.25, 0.3) is 0 Å². The summed E-state index contributed by atoms with van der Waals surface area (Å²) in [7, 11) is 0. The predicted molar refractivity (Wildman–Crippen MR) is 266 cm³/mol. The van der Waals surface area contributed by atoms with Gasteiger partial charge in [0.05, 0.1) is 44.8 Å². The number of para-hydroxylation sites is 6. The largest absolute Gasteiger partial charge is 0.309 e. The zero-order valence-electron chi connectivity index (χ0n) is 34.5. The molecule has 12 rings (SSSR count). The van der Waals surface area contributed by atoms with Crippen LogP contribution in [0.1, 0.15) is 0 Å². The van der Waals surface area contributed by atoms with Crippen LogP contribution in [0.4, 0.5) is 17.1 Å². The maximum Gasteiger partial charge on any atom is 0.0702 e. The molecule has 0 fully saturated rings. The molecule has 0 aliphatic rings. The Morgan fingerprint density at radius 1 is 0.270 bits per heavy atom. The van der Waals surface area contributed by atoms with Crippen LogP contribution in [-0.2, 0) is 0 Å². The third kappa shape index (κ3) is 5.97. The minimum atomic E-state index is 1.07. The monoisotopic (exact) mass is 803 g/mol. The Morgan fingerprint density at radius 3 is 1.40 bits per heavy atom. The zero-order valence-corrected chi connectivity index (χ0v) is 34.5. The van der Waals surface area contributed by atoms with Crippen molar-refractivity contribution < 1.29 is 0 Å². The van der Waals surface area contributed by atoms with Gasteiger partial charge in [-0.15, -0.1) is 0 Å². The molecule has 63 heavy (non-hydrogen) atoms. The summed E-state index contributed by atoms with van der Waals surface area (Å²) in [5.41, 5.74) is 17.1. The van der Waals surface area contributed by atoms with Crippen LogP contribution in [0.2, 0.25) is 0 Å². The first-order valence-electron chi connectivity index (χ1n) is 21.6. The fraction of sp³-hybridized carbons (Fsp3) is 0. The zero-order chi connectivity index (χ0) is 41.7. The minimum absolute atomic E-state index is 1.07. The Hall–Kier alpha value is -8.40. The van der Waals surface area contributed by atoms with E-state index in [4.69, 9.17) is 0 Å². The molecule has 3 nitrogen and oxygen atoms in total. The molecule has 0 atom stereocenters. The fourth-order valence-electron chi connectivity index (χ4n) is 9.89. The van der Waals surface area contributed by atoms with Gasteiger partial charge >= 0.3 is 0 Å². The molecular weight excluding hydrogens is 763 g/mol. The molecule has 10 aromatic carbocycles. The van der Waals surface area contributed by atoms with E-state index in [0.717, 1.165) is 72.8 Å². The van der Waals surface area contributed by atoms with Gasteiger partial charge in [0.2, 0.25) is 0 Å². The van der Waals surface area contributed by atoms with Crippen LogP contribution in [-0.4, -0.2) is 9.13 Å². The van der Waals surface area contributed by atoms with E-state index in [1.165, 1.54) is 32.7 Å². The highest BCUT2D eigenvalue weighted by atomic mass is 15.2. The molecular formula is C60H41N3. The first kappa shape index (κ1) is 36.5. The molecule has 0 unspecified atom stereocenters. The molecule has 0 radical (unpaired) electrons. The lowest BCUT2D eigenvalue weighted by atomic mass is 9.87. The average Bonchev–Trinajstić information content (AvgIpc) is 3.88. The number of benzene rings is 10. The van der Waals surface area contributed by atoms with Crippen molar-refractivity contribution in [3.8, 4) is 44.8 Å². The van der Waals surface area contributed by atoms with Crippen molar-refractivity contribution in [2.24, 2.45) is 0 Å². The Labute approximate surface area is 366 Å². The van der Waals surface area contributed by atoms with Crippen LogP contribution in [0.5, 0.6) is 0 Å². The summed E-state index contributed by atoms with van der Waals surface area (Å²) in [5.74, 6) is 0. The normalized spacial score (nSPS) is 11.5. The van der Waals surface area contributed by atoms with E-state index in [0.29, 0.717) is 0 Å². The number of aromatic nitrogens is 2. The van der Waals surface area contributed by atoms with E-state index in [2.05, 4.69) is 263 Å². The lowest BCUT2D eigenvalue weighted by Crippen LogP contribution is -2.15. The Morgan fingerprint density at radius 2 is 0.714 bits per heavy atom. The molecule has 2 aromatic heterocycles. The maximum absolute atomic E-state index is 2.55. The second-order valence-corrected chi connectivity index (χ2v) is 16.0. The summed E-state index contributed by atoms with van der Waals surface area (Å²) in [6.07, 6.45) is 0. The van der Waals surface area contributed by atoms with Gasteiger partial charge in [0.1, 0.15) is 0 Å². The number of hydrogen-bond acceptors (Lipinski definition) is 1. The van der Waals surface area contributed by atoms with Crippen molar-refractivity contribution >= 4 is 60.7 Å². The minimum Gasteiger partial charge on any atom is -0.309 e. The second-order valence-electron chi connectivity index (χ2n) is 16.0. The van der Waals surface area contributed by atoms with Crippen molar-refractivity contribution in [1.29, 1.82) is 0 Å². The summed E-state index contributed by atoms with van der Waals surface area (Å²) >= 11 is 0. The average molecular weight is 804 g/mol. The van der Waals surface area contributed by atoms with Gasteiger partial charge in [0, 0.05) is 32.8 Å². The molecule has 0 N–H and O–H groups in total. The van der Waals surface area contributed by atoms with E-state index in [-0.39, 0.29) is 0 Å². The Balaban J connectivity index is 1.25. The summed E-state index contributed by atoms with van der Waals surface area (Å²) in [4.78, 5) is 2.55. The Bertz CT molecular complexity index is 3570. The van der Waals surface area contributed by atoms with Crippen molar-refractivity contribution in [3.63, 3.8) is 0 Å². The highest BCUT2D eigenvalue weighted by Gasteiger charge is 2.28. The highest BCUT2D eigenvalue weighted by molar-refractivity contribution is 6.18. The van der Waals surface area contributed by atoms with Gasteiger partial charge < -0.3 is 14.0 Å². The molecule has 0 aliphatic carbocycles. The van der Waals surface area contributed by atoms with Crippen LogP contribution in [0.3, 0.4) is 0 Å². The van der Waals surface area contributed by atoms with Gasteiger partial charge in [-0.1, -0.05) is 188 Å². The second kappa shape index (κ2) is 15.3. The number of nitrogens with zero attached hydrogens (tertiary/aromatic N) is 3. The van der Waals surface area contributed by atoms with Crippen LogP contribution < -0.4 is 4.90 Å². The molecule has 0 amide bonds. The van der Waals surface area contributed by atoms with Crippen LogP contribution in [0.25, 0.3) is 88.4 Å². The van der Waals surface area contributed by atoms with Crippen LogP contribution >= 0.6 is 0 Å². The van der Waals surface area contributed by atoms with Gasteiger partial charge in [-0.2, -0.15) is 0 Å². The summed E-state index contributed by atoms with van der Waals surface area (Å²) in [5, 5.41) is 4.83. The molecule has 0 saturated heterocycles. The maximum atomic E-state index is 2.55. The van der Waals surface area contributed by atoms with Gasteiger partial charge in [-0.25, -0.2) is 0 Å². The van der Waals surface area contributed by atoms with Crippen LogP contribution in [0.15, 0.2) is 249 Å². The summed E-state index contributed by atoms with van der Waals surface area (Å²) < 4.78 is 4.87. The van der Waals surface area contributed by atoms with E-state index in [9.17, 15) is 0 Å². The molecule has 0 aliphatic heterocycles. The lowest BCUT2D eigenvalue weighted by Gasteiger charge is -2.32. The van der Waals surface area contributed by atoms with Gasteiger partial charge in [0.15, 0.2) is 0 Å². The van der Waals surface area contributed by atoms with E-state index in [1.54, 1.807) is 0 Å². The Kier molecular flexibility index (Phi) is 8.83. The summed E-state index contributed by atoms with van der Waals surface area (Å²) in [6, 6.07) is 90.3. The smallest absolute Gasteiger partial charge is 0.0702 e. The SMILES string of the molecule is c1ccc(-c2ccccc2-c2c(-c3ccccc3)cccc2N(c2ccccc2-n2c3ccccc3c3ccccc32)c2cccc3c2c2ccccc2n3-c2ccccc2)cc1. The fourth-order valence-corrected chi connectivity index (χ4v) is 9.89. The van der Waals surface area contributed by atoms with Crippen molar-refractivity contribution in [2.45, 2.75) is 0 Å². The van der Waals surface area contributed by atoms with Crippen molar-refractivity contribution in [3.05, 3.63) is 249 Å². The van der Waals surface area contributed by atoms with Gasteiger partial charge in [-0.3, -0.25) is 0 Å². The highest BCUT2D eigenvalue weighted by Crippen LogP contribution is 2.52. The molecule has 296 valence electrons. The molecule has 3 heteroatoms. The molecule has 0 bridgehead atoms. The van der Waals surface area contributed by atoms with Crippen molar-refractivity contribution in [1.82, 2.24) is 9.13 Å². The van der Waals surface area contributed by atoms with E-state index >= 15 is 0 Å². The third-order valence-corrected chi connectivity index (χ3v) is 12.5. The predicted octanol–water partition coefficient (Wildman–Crippen LogP) is 16.4. The van der Waals surface area contributed by atoms with E-state index in [1.807, 2.05) is 0 Å². The number of hydrogen-bond donors (Lipinski definition) is 0.